The Bertz CT molecular complexity index is 305. The number of anilines is 1. The SMILES string of the molecule is C#CCNc1ccc(C(C)CC)cc1. The van der Waals surface area contributed by atoms with Gasteiger partial charge in [0, 0.05) is 5.69 Å². The summed E-state index contributed by atoms with van der Waals surface area (Å²) in [5, 5.41) is 3.14. The summed E-state index contributed by atoms with van der Waals surface area (Å²) in [6.45, 7) is 5.03. The molecule has 14 heavy (non-hydrogen) atoms. The molecule has 1 unspecified atom stereocenters. The van der Waals surface area contributed by atoms with Gasteiger partial charge in [0.1, 0.15) is 0 Å². The molecule has 0 heterocycles. The lowest BCUT2D eigenvalue weighted by atomic mass is 9.99. The van der Waals surface area contributed by atoms with Crippen LogP contribution in [-0.2, 0) is 0 Å². The van der Waals surface area contributed by atoms with Gasteiger partial charge in [-0.1, -0.05) is 31.9 Å². The molecular weight excluding hydrogens is 170 g/mol. The van der Waals surface area contributed by atoms with Crippen LogP contribution in [0.4, 0.5) is 5.69 Å². The van der Waals surface area contributed by atoms with Gasteiger partial charge in [-0.25, -0.2) is 0 Å². The minimum atomic E-state index is 0.586. The zero-order valence-electron chi connectivity index (χ0n) is 8.88. The molecule has 0 radical (unpaired) electrons. The van der Waals surface area contributed by atoms with Gasteiger partial charge in [0.2, 0.25) is 0 Å². The van der Waals surface area contributed by atoms with Crippen LogP contribution in [0.25, 0.3) is 0 Å². The Labute approximate surface area is 86.5 Å². The standard InChI is InChI=1S/C13H17N/c1-4-10-14-13-8-6-12(7-9-13)11(3)5-2/h1,6-9,11,14H,5,10H2,2-3H3. The fourth-order valence-corrected chi connectivity index (χ4v) is 1.32. The van der Waals surface area contributed by atoms with E-state index in [2.05, 4.69) is 49.4 Å². The molecule has 0 aliphatic heterocycles. The topological polar surface area (TPSA) is 12.0 Å². The Morgan fingerprint density at radius 3 is 2.50 bits per heavy atom. The van der Waals surface area contributed by atoms with Gasteiger partial charge < -0.3 is 5.32 Å². The fourth-order valence-electron chi connectivity index (χ4n) is 1.32. The van der Waals surface area contributed by atoms with Gasteiger partial charge in [-0.15, -0.1) is 6.42 Å². The molecule has 1 aromatic rings. The molecule has 0 aliphatic rings. The van der Waals surface area contributed by atoms with Crippen molar-refractivity contribution in [3.8, 4) is 12.3 Å². The molecule has 0 aromatic heterocycles. The Hall–Kier alpha value is -1.42. The van der Waals surface area contributed by atoms with Crippen molar-refractivity contribution in [3.63, 3.8) is 0 Å². The average Bonchev–Trinajstić information content (AvgIpc) is 2.26. The molecule has 1 atom stereocenters. The highest BCUT2D eigenvalue weighted by molar-refractivity contribution is 5.45. The molecule has 0 amide bonds. The molecule has 0 saturated carbocycles. The van der Waals surface area contributed by atoms with Gasteiger partial charge in [0.05, 0.1) is 6.54 Å². The number of hydrogen-bond acceptors (Lipinski definition) is 1. The molecule has 0 bridgehead atoms. The molecule has 74 valence electrons. The first-order chi connectivity index (χ1) is 6.77. The van der Waals surface area contributed by atoms with Crippen molar-refractivity contribution in [2.45, 2.75) is 26.2 Å². The van der Waals surface area contributed by atoms with Crippen LogP contribution in [0.2, 0.25) is 0 Å². The van der Waals surface area contributed by atoms with Crippen LogP contribution < -0.4 is 5.32 Å². The molecule has 1 nitrogen and oxygen atoms in total. The van der Waals surface area contributed by atoms with Crippen LogP contribution >= 0.6 is 0 Å². The maximum Gasteiger partial charge on any atom is 0.0763 e. The summed E-state index contributed by atoms with van der Waals surface area (Å²) < 4.78 is 0. The maximum atomic E-state index is 5.16. The van der Waals surface area contributed by atoms with E-state index in [1.807, 2.05) is 0 Å². The van der Waals surface area contributed by atoms with Crippen molar-refractivity contribution in [3.05, 3.63) is 29.8 Å². The van der Waals surface area contributed by atoms with Crippen molar-refractivity contribution in [1.29, 1.82) is 0 Å². The molecule has 0 fully saturated rings. The van der Waals surface area contributed by atoms with Crippen LogP contribution in [0.15, 0.2) is 24.3 Å². The third-order valence-corrected chi connectivity index (χ3v) is 2.49. The number of nitrogens with one attached hydrogen (secondary N) is 1. The van der Waals surface area contributed by atoms with Crippen LogP contribution in [0.3, 0.4) is 0 Å². The van der Waals surface area contributed by atoms with E-state index < -0.39 is 0 Å². The maximum absolute atomic E-state index is 5.16. The normalized spacial score (nSPS) is 11.8. The largest absolute Gasteiger partial charge is 0.374 e. The van der Waals surface area contributed by atoms with Crippen LogP contribution in [0, 0.1) is 12.3 Å². The molecular formula is C13H17N. The van der Waals surface area contributed by atoms with E-state index in [0.717, 1.165) is 5.69 Å². The van der Waals surface area contributed by atoms with Crippen LogP contribution in [0.5, 0.6) is 0 Å². The number of hydrogen-bond donors (Lipinski definition) is 1. The zero-order chi connectivity index (χ0) is 10.4. The first-order valence-corrected chi connectivity index (χ1v) is 5.05. The third kappa shape index (κ3) is 2.81. The van der Waals surface area contributed by atoms with E-state index in [4.69, 9.17) is 6.42 Å². The highest BCUT2D eigenvalue weighted by Crippen LogP contribution is 2.20. The quantitative estimate of drug-likeness (QED) is 0.713. The van der Waals surface area contributed by atoms with Gasteiger partial charge in [-0.05, 0) is 30.0 Å². The predicted molar refractivity (Wildman–Crippen MR) is 62.5 cm³/mol. The van der Waals surface area contributed by atoms with E-state index in [-0.39, 0.29) is 0 Å². The molecule has 0 saturated heterocycles. The van der Waals surface area contributed by atoms with Gasteiger partial charge in [-0.3, -0.25) is 0 Å². The lowest BCUT2D eigenvalue weighted by molar-refractivity contribution is 0.734. The van der Waals surface area contributed by atoms with Crippen molar-refractivity contribution < 1.29 is 0 Å². The first-order valence-electron chi connectivity index (χ1n) is 5.05. The first kappa shape index (κ1) is 10.7. The second kappa shape index (κ2) is 5.34. The predicted octanol–water partition coefficient (Wildman–Crippen LogP) is 3.25. The monoisotopic (exact) mass is 187 g/mol. The van der Waals surface area contributed by atoms with Gasteiger partial charge >= 0.3 is 0 Å². The summed E-state index contributed by atoms with van der Waals surface area (Å²) in [5.74, 6) is 3.19. The minimum Gasteiger partial charge on any atom is -0.374 e. The smallest absolute Gasteiger partial charge is 0.0763 e. The number of terminal acetylenes is 1. The van der Waals surface area contributed by atoms with Crippen molar-refractivity contribution in [2.75, 3.05) is 11.9 Å². The summed E-state index contributed by atoms with van der Waals surface area (Å²) in [4.78, 5) is 0. The fraction of sp³-hybridized carbons (Fsp3) is 0.385. The molecule has 1 heteroatoms. The van der Waals surface area contributed by atoms with E-state index >= 15 is 0 Å². The lowest BCUT2D eigenvalue weighted by Crippen LogP contribution is -1.98. The molecule has 0 spiro atoms. The molecule has 1 rings (SSSR count). The summed E-state index contributed by atoms with van der Waals surface area (Å²) in [6.07, 6.45) is 6.34. The number of rotatable bonds is 4. The minimum absolute atomic E-state index is 0.586. The van der Waals surface area contributed by atoms with E-state index in [1.54, 1.807) is 0 Å². The molecule has 0 aliphatic carbocycles. The summed E-state index contributed by atoms with van der Waals surface area (Å²) in [7, 11) is 0. The summed E-state index contributed by atoms with van der Waals surface area (Å²) >= 11 is 0. The third-order valence-electron chi connectivity index (χ3n) is 2.49. The Morgan fingerprint density at radius 2 is 2.00 bits per heavy atom. The molecule has 1 N–H and O–H groups in total. The van der Waals surface area contributed by atoms with Crippen molar-refractivity contribution in [1.82, 2.24) is 0 Å². The van der Waals surface area contributed by atoms with Crippen molar-refractivity contribution >= 4 is 5.69 Å². The van der Waals surface area contributed by atoms with E-state index in [1.165, 1.54) is 12.0 Å². The van der Waals surface area contributed by atoms with Gasteiger partial charge in [0.25, 0.3) is 0 Å². The zero-order valence-corrected chi connectivity index (χ0v) is 8.88. The Balaban J connectivity index is 2.64. The summed E-state index contributed by atoms with van der Waals surface area (Å²) in [5.41, 5.74) is 2.48. The van der Waals surface area contributed by atoms with Crippen molar-refractivity contribution in [2.24, 2.45) is 0 Å². The van der Waals surface area contributed by atoms with E-state index in [0.29, 0.717) is 12.5 Å². The second-order valence-electron chi connectivity index (χ2n) is 3.49. The molecule has 1 aromatic carbocycles. The lowest BCUT2D eigenvalue weighted by Gasteiger charge is -2.09. The van der Waals surface area contributed by atoms with Crippen LogP contribution in [-0.4, -0.2) is 6.54 Å². The van der Waals surface area contributed by atoms with Crippen LogP contribution in [0.1, 0.15) is 31.7 Å². The highest BCUT2D eigenvalue weighted by Gasteiger charge is 2.01. The van der Waals surface area contributed by atoms with Gasteiger partial charge in [-0.2, -0.15) is 0 Å². The highest BCUT2D eigenvalue weighted by atomic mass is 14.8. The van der Waals surface area contributed by atoms with Gasteiger partial charge in [0.15, 0.2) is 0 Å². The Kier molecular flexibility index (Phi) is 4.07. The number of benzene rings is 1. The Morgan fingerprint density at radius 1 is 1.36 bits per heavy atom. The van der Waals surface area contributed by atoms with E-state index in [9.17, 15) is 0 Å². The second-order valence-corrected chi connectivity index (χ2v) is 3.49. The summed E-state index contributed by atoms with van der Waals surface area (Å²) in [6, 6.07) is 8.48. The average molecular weight is 187 g/mol.